The zero-order chi connectivity index (χ0) is 35.3. The Morgan fingerprint density at radius 3 is 2.19 bits per heavy atom. The van der Waals surface area contributed by atoms with Crippen LogP contribution in [0.15, 0.2) is 12.2 Å². The Labute approximate surface area is 291 Å². The van der Waals surface area contributed by atoms with Gasteiger partial charge < -0.3 is 26.6 Å². The number of likely N-dealkylation sites (tertiary alicyclic amines) is 1. The second kappa shape index (κ2) is 16.4. The molecule has 2 heterocycles. The van der Waals surface area contributed by atoms with E-state index < -0.39 is 41.8 Å². The van der Waals surface area contributed by atoms with Gasteiger partial charge in [0.2, 0.25) is 17.6 Å². The number of hydrogen-bond acceptors (Lipinski definition) is 8. The first-order chi connectivity index (χ1) is 22.6. The SMILES string of the molecule is C=C1[C@@H](C(=O)NC(CC2CC2)C(=O)C(N)=O)N(C(=O)[C@@H](NC(=O)N[C@H](CN2CCCN(C)S2)C(C)(C)C)C2CCCCC2)C[C@@H]1C(C)C. The van der Waals surface area contributed by atoms with E-state index in [9.17, 15) is 24.0 Å². The van der Waals surface area contributed by atoms with Gasteiger partial charge in [-0.2, -0.15) is 0 Å². The van der Waals surface area contributed by atoms with Crippen molar-refractivity contribution in [3.05, 3.63) is 12.2 Å². The van der Waals surface area contributed by atoms with E-state index in [-0.39, 0.29) is 47.6 Å². The Hall–Kier alpha value is -2.64. The van der Waals surface area contributed by atoms with Crippen LogP contribution in [-0.2, 0) is 19.2 Å². The molecule has 0 aromatic rings. The van der Waals surface area contributed by atoms with Crippen molar-refractivity contribution in [2.45, 2.75) is 117 Å². The first-order valence-electron chi connectivity index (χ1n) is 17.9. The molecule has 270 valence electrons. The van der Waals surface area contributed by atoms with E-state index in [0.29, 0.717) is 18.5 Å². The molecule has 2 aliphatic carbocycles. The van der Waals surface area contributed by atoms with E-state index in [1.807, 2.05) is 13.8 Å². The van der Waals surface area contributed by atoms with Gasteiger partial charge in [0.15, 0.2) is 0 Å². The van der Waals surface area contributed by atoms with Gasteiger partial charge in [-0.05, 0) is 61.5 Å². The minimum absolute atomic E-state index is 0.0782. The number of rotatable bonds is 13. The van der Waals surface area contributed by atoms with Crippen LogP contribution in [0, 0.1) is 29.1 Å². The predicted molar refractivity (Wildman–Crippen MR) is 188 cm³/mol. The fraction of sp³-hybridized carbons (Fsp3) is 0.800. The van der Waals surface area contributed by atoms with Gasteiger partial charge in [0, 0.05) is 50.3 Å². The Morgan fingerprint density at radius 2 is 1.62 bits per heavy atom. The monoisotopic (exact) mass is 689 g/mol. The summed E-state index contributed by atoms with van der Waals surface area (Å²) in [4.78, 5) is 68.6. The fourth-order valence-electron chi connectivity index (χ4n) is 7.33. The van der Waals surface area contributed by atoms with Crippen LogP contribution in [0.1, 0.15) is 92.4 Å². The van der Waals surface area contributed by atoms with E-state index in [1.165, 1.54) is 0 Å². The molecular weight excluding hydrogens is 630 g/mol. The van der Waals surface area contributed by atoms with Crippen molar-refractivity contribution in [3.63, 3.8) is 0 Å². The standard InChI is InChI=1S/C35H59N7O5S/c1-21(2)25-19-42(29(22(25)3)32(45)37-26(18-23-14-15-23)30(43)31(36)44)33(46)28(24-12-9-8-10-13-24)39-34(47)38-27(35(4,5)6)20-41-17-11-16-40(7)48-41/h21,23-29H,3,8-20H2,1-2,4-7H3,(H2,36,44)(H,37,45)(H2,38,39,47)/t25-,26?,27-,28+,29+/m1/s1. The summed E-state index contributed by atoms with van der Waals surface area (Å²) in [5, 5.41) is 9.07. The topological polar surface area (TPSA) is 157 Å². The number of nitrogens with two attached hydrogens (primary N) is 1. The molecule has 0 aromatic carbocycles. The molecule has 4 rings (SSSR count). The highest BCUT2D eigenvalue weighted by molar-refractivity contribution is 7.94. The summed E-state index contributed by atoms with van der Waals surface area (Å²) in [5.74, 6) is -2.66. The molecule has 1 unspecified atom stereocenters. The average molecular weight is 690 g/mol. The molecule has 5 atom stereocenters. The van der Waals surface area contributed by atoms with Crippen LogP contribution in [0.3, 0.4) is 0 Å². The highest BCUT2D eigenvalue weighted by Crippen LogP contribution is 2.37. The third-order valence-corrected chi connectivity index (χ3v) is 11.6. The normalized spacial score (nSPS) is 25.0. The Kier molecular flexibility index (Phi) is 13.0. The largest absolute Gasteiger partial charge is 0.363 e. The molecule has 48 heavy (non-hydrogen) atoms. The van der Waals surface area contributed by atoms with Crippen LogP contribution < -0.4 is 21.7 Å². The number of nitrogens with one attached hydrogen (secondary N) is 3. The zero-order valence-corrected chi connectivity index (χ0v) is 30.7. The summed E-state index contributed by atoms with van der Waals surface area (Å²) in [6.07, 6.45) is 7.84. The van der Waals surface area contributed by atoms with Gasteiger partial charge in [-0.25, -0.2) is 13.4 Å². The number of hydrogen-bond donors (Lipinski definition) is 4. The number of carbonyl (C=O) groups is 5. The third kappa shape index (κ3) is 9.97. The molecule has 0 aromatic heterocycles. The van der Waals surface area contributed by atoms with Gasteiger partial charge in [-0.3, -0.25) is 19.2 Å². The van der Waals surface area contributed by atoms with Crippen molar-refractivity contribution >= 4 is 41.7 Å². The molecule has 2 aliphatic heterocycles. The lowest BCUT2D eigenvalue weighted by Crippen LogP contribution is -2.61. The van der Waals surface area contributed by atoms with Crippen LogP contribution in [0.2, 0.25) is 0 Å². The summed E-state index contributed by atoms with van der Waals surface area (Å²) in [7, 11) is 2.07. The molecule has 2 saturated heterocycles. The fourth-order valence-corrected chi connectivity index (χ4v) is 8.36. The van der Waals surface area contributed by atoms with Crippen molar-refractivity contribution in [3.8, 4) is 0 Å². The minimum Gasteiger partial charge on any atom is -0.363 e. The Balaban J connectivity index is 1.56. The lowest BCUT2D eigenvalue weighted by Gasteiger charge is -2.39. The van der Waals surface area contributed by atoms with Crippen LogP contribution in [0.4, 0.5) is 4.79 Å². The number of amides is 5. The van der Waals surface area contributed by atoms with E-state index in [4.69, 9.17) is 5.73 Å². The molecule has 4 fully saturated rings. The molecule has 0 spiro atoms. The van der Waals surface area contributed by atoms with Crippen LogP contribution in [0.5, 0.6) is 0 Å². The second-order valence-electron chi connectivity index (χ2n) is 15.9. The molecule has 13 heteroatoms. The number of primary amides is 1. The highest BCUT2D eigenvalue weighted by atomic mass is 32.2. The van der Waals surface area contributed by atoms with E-state index >= 15 is 0 Å². The lowest BCUT2D eigenvalue weighted by molar-refractivity contribution is -0.142. The first-order valence-corrected chi connectivity index (χ1v) is 18.6. The van der Waals surface area contributed by atoms with Gasteiger partial charge >= 0.3 is 6.03 Å². The van der Waals surface area contributed by atoms with Crippen molar-refractivity contribution in [1.29, 1.82) is 0 Å². The van der Waals surface area contributed by atoms with Crippen LogP contribution in [0.25, 0.3) is 0 Å². The van der Waals surface area contributed by atoms with E-state index in [0.717, 1.165) is 64.5 Å². The zero-order valence-electron chi connectivity index (χ0n) is 29.9. The summed E-state index contributed by atoms with van der Waals surface area (Å²) >= 11 is 1.68. The minimum atomic E-state index is -1.09. The summed E-state index contributed by atoms with van der Waals surface area (Å²) in [5.41, 5.74) is 5.70. The molecular formula is C35H59N7O5S. The van der Waals surface area contributed by atoms with Crippen molar-refractivity contribution in [1.82, 2.24) is 29.5 Å². The van der Waals surface area contributed by atoms with Crippen LogP contribution in [-0.4, -0.2) is 100 Å². The second-order valence-corrected chi connectivity index (χ2v) is 17.2. The quantitative estimate of drug-likeness (QED) is 0.131. The number of carbonyl (C=O) groups excluding carboxylic acids is 5. The molecule has 5 amide bonds. The predicted octanol–water partition coefficient (Wildman–Crippen LogP) is 3.23. The number of ketones is 1. The Morgan fingerprint density at radius 1 is 0.958 bits per heavy atom. The van der Waals surface area contributed by atoms with Crippen molar-refractivity contribution < 1.29 is 24.0 Å². The molecule has 5 N–H and O–H groups in total. The van der Waals surface area contributed by atoms with Crippen LogP contribution >= 0.6 is 12.1 Å². The number of Topliss-reactive ketones (excluding diaryl/α,β-unsaturated/α-hetero) is 1. The third-order valence-electron chi connectivity index (χ3n) is 10.6. The van der Waals surface area contributed by atoms with Gasteiger partial charge in [0.25, 0.3) is 5.91 Å². The van der Waals surface area contributed by atoms with E-state index in [1.54, 1.807) is 17.0 Å². The smallest absolute Gasteiger partial charge is 0.315 e. The molecule has 12 nitrogen and oxygen atoms in total. The summed E-state index contributed by atoms with van der Waals surface area (Å²) in [6, 6.07) is -3.48. The molecule has 4 aliphatic rings. The summed E-state index contributed by atoms with van der Waals surface area (Å²) in [6.45, 7) is 17.5. The van der Waals surface area contributed by atoms with Crippen molar-refractivity contribution in [2.75, 3.05) is 33.2 Å². The maximum absolute atomic E-state index is 14.7. The molecule has 0 bridgehead atoms. The summed E-state index contributed by atoms with van der Waals surface area (Å²) < 4.78 is 4.47. The maximum Gasteiger partial charge on any atom is 0.315 e. The number of nitrogens with zero attached hydrogens (tertiary/aromatic N) is 3. The Bertz CT molecular complexity index is 1210. The molecule has 0 radical (unpaired) electrons. The first kappa shape index (κ1) is 38.2. The average Bonchev–Trinajstić information content (AvgIpc) is 3.77. The van der Waals surface area contributed by atoms with Gasteiger partial charge in [-0.15, -0.1) is 0 Å². The van der Waals surface area contributed by atoms with E-state index in [2.05, 4.69) is 59.0 Å². The lowest BCUT2D eigenvalue weighted by atomic mass is 9.83. The molecule has 2 saturated carbocycles. The maximum atomic E-state index is 14.7. The van der Waals surface area contributed by atoms with Gasteiger partial charge in [0.1, 0.15) is 12.1 Å². The van der Waals surface area contributed by atoms with Gasteiger partial charge in [0.05, 0.1) is 6.04 Å². The van der Waals surface area contributed by atoms with Crippen molar-refractivity contribution in [2.24, 2.45) is 34.8 Å². The highest BCUT2D eigenvalue weighted by Gasteiger charge is 2.48. The van der Waals surface area contributed by atoms with Gasteiger partial charge in [-0.1, -0.05) is 73.3 Å². The number of urea groups is 1.